The van der Waals surface area contributed by atoms with Gasteiger partial charge in [0, 0.05) is 17.8 Å². The van der Waals surface area contributed by atoms with E-state index < -0.39 is 9.84 Å². The Morgan fingerprint density at radius 3 is 2.44 bits per heavy atom. The largest absolute Gasteiger partial charge is 0.376 e. The summed E-state index contributed by atoms with van der Waals surface area (Å²) in [5.74, 6) is 0.732. The van der Waals surface area contributed by atoms with Crippen LogP contribution < -0.4 is 5.32 Å². The number of carbonyl (C=O) groups is 1. The van der Waals surface area contributed by atoms with E-state index in [9.17, 15) is 13.2 Å². The summed E-state index contributed by atoms with van der Waals surface area (Å²) in [6, 6.07) is 8.11. The van der Waals surface area contributed by atoms with E-state index in [1.807, 2.05) is 23.1 Å². The number of nitrogens with zero attached hydrogens (tertiary/aromatic N) is 1. The number of rotatable bonds is 6. The zero-order chi connectivity index (χ0) is 19.4. The van der Waals surface area contributed by atoms with E-state index in [4.69, 9.17) is 0 Å². The lowest BCUT2D eigenvalue weighted by molar-refractivity contribution is -0.134. The van der Waals surface area contributed by atoms with Gasteiger partial charge in [-0.3, -0.25) is 4.79 Å². The second-order valence-electron chi connectivity index (χ2n) is 8.25. The van der Waals surface area contributed by atoms with Crippen molar-refractivity contribution in [2.45, 2.75) is 70.4 Å². The Kier molecular flexibility index (Phi) is 6.45. The maximum Gasteiger partial charge on any atom is 0.242 e. The third-order valence-electron chi connectivity index (χ3n) is 5.87. The highest BCUT2D eigenvalue weighted by atomic mass is 32.2. The highest BCUT2D eigenvalue weighted by Crippen LogP contribution is 2.29. The van der Waals surface area contributed by atoms with Crippen molar-refractivity contribution in [1.82, 2.24) is 4.90 Å². The molecule has 1 N–H and O–H groups in total. The molecule has 1 aliphatic carbocycles. The Bertz CT molecular complexity index is 754. The molecule has 0 radical (unpaired) electrons. The molecular weight excluding hydrogens is 360 g/mol. The van der Waals surface area contributed by atoms with E-state index in [2.05, 4.69) is 25.2 Å². The molecule has 3 rings (SSSR count). The van der Waals surface area contributed by atoms with Crippen molar-refractivity contribution >= 4 is 21.4 Å². The molecule has 0 bridgehead atoms. The molecule has 150 valence electrons. The van der Waals surface area contributed by atoms with E-state index in [0.29, 0.717) is 12.3 Å². The van der Waals surface area contributed by atoms with Crippen molar-refractivity contribution in [2.24, 2.45) is 0 Å². The number of anilines is 1. The second kappa shape index (κ2) is 8.63. The molecule has 1 aromatic rings. The van der Waals surface area contributed by atoms with Crippen molar-refractivity contribution in [3.05, 3.63) is 29.8 Å². The van der Waals surface area contributed by atoms with Gasteiger partial charge in [0.15, 0.2) is 9.84 Å². The van der Waals surface area contributed by atoms with Crippen LogP contribution in [-0.2, 0) is 14.6 Å². The van der Waals surface area contributed by atoms with Crippen LogP contribution in [0.4, 0.5) is 5.69 Å². The van der Waals surface area contributed by atoms with E-state index in [0.717, 1.165) is 31.4 Å². The Morgan fingerprint density at radius 1 is 1.11 bits per heavy atom. The molecule has 27 heavy (non-hydrogen) atoms. The highest BCUT2D eigenvalue weighted by molar-refractivity contribution is 7.91. The lowest BCUT2D eigenvalue weighted by atomic mass is 9.93. The van der Waals surface area contributed by atoms with Crippen LogP contribution in [0.15, 0.2) is 24.3 Å². The summed E-state index contributed by atoms with van der Waals surface area (Å²) >= 11 is 0. The molecule has 0 spiro atoms. The Balaban J connectivity index is 1.73. The molecule has 1 aromatic carbocycles. The third kappa shape index (κ3) is 5.03. The quantitative estimate of drug-likeness (QED) is 0.804. The first-order valence-electron chi connectivity index (χ1n) is 10.2. The lowest BCUT2D eigenvalue weighted by Gasteiger charge is -2.38. The molecule has 1 saturated carbocycles. The van der Waals surface area contributed by atoms with Crippen molar-refractivity contribution in [1.29, 1.82) is 0 Å². The molecule has 1 aliphatic heterocycles. The van der Waals surface area contributed by atoms with Gasteiger partial charge in [-0.05, 0) is 36.8 Å². The minimum absolute atomic E-state index is 0.0301. The van der Waals surface area contributed by atoms with E-state index in [-0.39, 0.29) is 36.0 Å². The summed E-state index contributed by atoms with van der Waals surface area (Å²) in [5, 5.41) is 3.32. The van der Waals surface area contributed by atoms with Crippen LogP contribution in [-0.4, -0.2) is 49.4 Å². The monoisotopic (exact) mass is 392 g/mol. The fourth-order valence-electron chi connectivity index (χ4n) is 4.48. The SMILES string of the molecule is CC(C)c1ccccc1NCC(=O)N(C1CCCCC1)C1CCS(=O)(=O)C1. The molecule has 2 aliphatic rings. The lowest BCUT2D eigenvalue weighted by Crippen LogP contribution is -2.50. The average Bonchev–Trinajstić information content (AvgIpc) is 3.00. The first-order chi connectivity index (χ1) is 12.9. The van der Waals surface area contributed by atoms with Gasteiger partial charge in [0.1, 0.15) is 0 Å². The van der Waals surface area contributed by atoms with Crippen molar-refractivity contribution in [3.8, 4) is 0 Å². The molecule has 5 nitrogen and oxygen atoms in total. The van der Waals surface area contributed by atoms with E-state index in [1.54, 1.807) is 0 Å². The fourth-order valence-corrected chi connectivity index (χ4v) is 6.19. The number of amides is 1. The normalized spacial score (nSPS) is 22.7. The van der Waals surface area contributed by atoms with Crippen molar-refractivity contribution in [2.75, 3.05) is 23.4 Å². The van der Waals surface area contributed by atoms with Gasteiger partial charge in [-0.25, -0.2) is 8.42 Å². The van der Waals surface area contributed by atoms with Crippen LogP contribution in [0.5, 0.6) is 0 Å². The van der Waals surface area contributed by atoms with E-state index >= 15 is 0 Å². The number of hydrogen-bond donors (Lipinski definition) is 1. The zero-order valence-electron chi connectivity index (χ0n) is 16.5. The number of para-hydroxylation sites is 1. The smallest absolute Gasteiger partial charge is 0.242 e. The van der Waals surface area contributed by atoms with Gasteiger partial charge in [-0.2, -0.15) is 0 Å². The average molecular weight is 393 g/mol. The van der Waals surface area contributed by atoms with Gasteiger partial charge in [0.25, 0.3) is 0 Å². The van der Waals surface area contributed by atoms with Crippen LogP contribution in [0.2, 0.25) is 0 Å². The van der Waals surface area contributed by atoms with Crippen LogP contribution >= 0.6 is 0 Å². The minimum atomic E-state index is -3.01. The summed E-state index contributed by atoms with van der Waals surface area (Å²) in [7, 11) is -3.01. The third-order valence-corrected chi connectivity index (χ3v) is 7.62. The second-order valence-corrected chi connectivity index (χ2v) is 10.5. The summed E-state index contributed by atoms with van der Waals surface area (Å²) < 4.78 is 24.0. The number of hydrogen-bond acceptors (Lipinski definition) is 4. The predicted octanol–water partition coefficient (Wildman–Crippen LogP) is 3.57. The van der Waals surface area contributed by atoms with Crippen LogP contribution in [0.1, 0.15) is 63.9 Å². The van der Waals surface area contributed by atoms with Gasteiger partial charge in [0.05, 0.1) is 18.1 Å². The minimum Gasteiger partial charge on any atom is -0.376 e. The van der Waals surface area contributed by atoms with Gasteiger partial charge in [-0.1, -0.05) is 51.3 Å². The molecule has 1 amide bonds. The van der Waals surface area contributed by atoms with Gasteiger partial charge < -0.3 is 10.2 Å². The van der Waals surface area contributed by atoms with Gasteiger partial charge >= 0.3 is 0 Å². The summed E-state index contributed by atoms with van der Waals surface area (Å²) in [4.78, 5) is 15.1. The van der Waals surface area contributed by atoms with Crippen molar-refractivity contribution < 1.29 is 13.2 Å². The molecule has 6 heteroatoms. The standard InChI is InChI=1S/C21H32N2O3S/c1-16(2)19-10-6-7-11-20(19)22-14-21(24)23(17-8-4-3-5-9-17)18-12-13-27(25,26)15-18/h6-7,10-11,16-18,22H,3-5,8-9,12-15H2,1-2H3. The fraction of sp³-hybridized carbons (Fsp3) is 0.667. The summed E-state index contributed by atoms with van der Waals surface area (Å²) in [6.45, 7) is 4.50. The molecule has 0 aromatic heterocycles. The molecule has 1 saturated heterocycles. The van der Waals surface area contributed by atoms with E-state index in [1.165, 1.54) is 12.0 Å². The topological polar surface area (TPSA) is 66.5 Å². The number of sulfone groups is 1. The highest BCUT2D eigenvalue weighted by Gasteiger charge is 2.38. The Labute approximate surface area is 163 Å². The molecule has 1 atom stereocenters. The summed E-state index contributed by atoms with van der Waals surface area (Å²) in [5.41, 5.74) is 2.18. The number of nitrogens with one attached hydrogen (secondary N) is 1. The zero-order valence-corrected chi connectivity index (χ0v) is 17.3. The van der Waals surface area contributed by atoms with Crippen LogP contribution in [0, 0.1) is 0 Å². The first-order valence-corrected chi connectivity index (χ1v) is 12.0. The predicted molar refractivity (Wildman–Crippen MR) is 110 cm³/mol. The van der Waals surface area contributed by atoms with Crippen LogP contribution in [0.3, 0.4) is 0 Å². The van der Waals surface area contributed by atoms with Gasteiger partial charge in [0.2, 0.25) is 5.91 Å². The van der Waals surface area contributed by atoms with Crippen LogP contribution in [0.25, 0.3) is 0 Å². The maximum absolute atomic E-state index is 13.2. The van der Waals surface area contributed by atoms with Crippen molar-refractivity contribution in [3.63, 3.8) is 0 Å². The first kappa shape index (κ1) is 20.2. The Hall–Kier alpha value is -1.56. The number of benzene rings is 1. The van der Waals surface area contributed by atoms with Gasteiger partial charge in [-0.15, -0.1) is 0 Å². The molecule has 1 heterocycles. The summed E-state index contributed by atoms with van der Waals surface area (Å²) in [6.07, 6.45) is 6.01. The Morgan fingerprint density at radius 2 is 1.81 bits per heavy atom. The molecule has 2 fully saturated rings. The maximum atomic E-state index is 13.2. The molecular formula is C21H32N2O3S. The number of carbonyl (C=O) groups excluding carboxylic acids is 1. The molecule has 1 unspecified atom stereocenters.